The normalized spacial score (nSPS) is 19.0. The monoisotopic (exact) mass is 390 g/mol. The highest BCUT2D eigenvalue weighted by atomic mass is 16.5. The van der Waals surface area contributed by atoms with Crippen LogP contribution in [-0.4, -0.2) is 50.6 Å². The number of carbonyl (C=O) groups excluding carboxylic acids is 2. The summed E-state index contributed by atoms with van der Waals surface area (Å²) >= 11 is 0. The van der Waals surface area contributed by atoms with Gasteiger partial charge < -0.3 is 19.7 Å². The zero-order valence-corrected chi connectivity index (χ0v) is 17.8. The molecule has 1 aromatic carbocycles. The third-order valence-electron chi connectivity index (χ3n) is 5.26. The lowest BCUT2D eigenvalue weighted by molar-refractivity contribution is -0.131. The molecule has 1 fully saturated rings. The fraction of sp³-hybridized carbons (Fsp3) is 0.636. The van der Waals surface area contributed by atoms with E-state index < -0.39 is 0 Å². The molecule has 1 N–H and O–H groups in total. The summed E-state index contributed by atoms with van der Waals surface area (Å²) in [5.41, 5.74) is 0.914. The van der Waals surface area contributed by atoms with Crippen LogP contribution in [0.5, 0.6) is 11.5 Å². The van der Waals surface area contributed by atoms with Crippen molar-refractivity contribution < 1.29 is 19.1 Å². The van der Waals surface area contributed by atoms with E-state index in [0.717, 1.165) is 24.2 Å². The summed E-state index contributed by atoms with van der Waals surface area (Å²) in [5, 5.41) is 3.04. The minimum absolute atomic E-state index is 0.00294. The summed E-state index contributed by atoms with van der Waals surface area (Å²) in [4.78, 5) is 27.4. The van der Waals surface area contributed by atoms with Gasteiger partial charge in [0.15, 0.2) is 0 Å². The van der Waals surface area contributed by atoms with Gasteiger partial charge in [-0.15, -0.1) is 0 Å². The average Bonchev–Trinajstić information content (AvgIpc) is 3.12. The Labute approximate surface area is 168 Å². The van der Waals surface area contributed by atoms with Crippen molar-refractivity contribution >= 4 is 11.8 Å². The van der Waals surface area contributed by atoms with Crippen molar-refractivity contribution in [1.29, 1.82) is 0 Å². The van der Waals surface area contributed by atoms with E-state index >= 15 is 0 Å². The first-order valence-corrected chi connectivity index (χ1v) is 10.2. The molecular formula is C22H34N2O4. The Morgan fingerprint density at radius 1 is 1.21 bits per heavy atom. The molecule has 0 saturated carbocycles. The van der Waals surface area contributed by atoms with Gasteiger partial charge in [0.2, 0.25) is 11.8 Å². The number of rotatable bonds is 9. The number of benzene rings is 1. The Morgan fingerprint density at radius 3 is 2.57 bits per heavy atom. The van der Waals surface area contributed by atoms with Crippen molar-refractivity contribution in [2.75, 3.05) is 33.9 Å². The first-order valence-electron chi connectivity index (χ1n) is 10.2. The first-order chi connectivity index (χ1) is 13.4. The van der Waals surface area contributed by atoms with Gasteiger partial charge in [-0.2, -0.15) is 0 Å². The maximum Gasteiger partial charge on any atom is 0.225 e. The van der Waals surface area contributed by atoms with E-state index in [-0.39, 0.29) is 29.6 Å². The van der Waals surface area contributed by atoms with E-state index in [4.69, 9.17) is 9.47 Å². The number of methoxy groups -OCH3 is 2. The van der Waals surface area contributed by atoms with Crippen LogP contribution in [0.1, 0.15) is 51.5 Å². The molecule has 1 aromatic rings. The van der Waals surface area contributed by atoms with Crippen LogP contribution in [0.15, 0.2) is 18.2 Å². The molecular weight excluding hydrogens is 356 g/mol. The molecule has 0 bridgehead atoms. The SMILES string of the molecule is CCCCNC(=O)[C@@H]1CN(C(=O)CC(C)C)C[C@@H]1c1cc(OC)ccc1OC. The summed E-state index contributed by atoms with van der Waals surface area (Å²) < 4.78 is 10.9. The molecule has 6 nitrogen and oxygen atoms in total. The number of carbonyl (C=O) groups is 2. The van der Waals surface area contributed by atoms with Gasteiger partial charge in [-0.3, -0.25) is 9.59 Å². The summed E-state index contributed by atoms with van der Waals surface area (Å²) in [6.07, 6.45) is 2.46. The van der Waals surface area contributed by atoms with Gasteiger partial charge in [-0.1, -0.05) is 27.2 Å². The van der Waals surface area contributed by atoms with Gasteiger partial charge in [0.25, 0.3) is 0 Å². The third kappa shape index (κ3) is 5.40. The standard InChI is InChI=1S/C22H34N2O4/c1-6-7-10-23-22(26)19-14-24(21(25)11-15(2)3)13-18(19)17-12-16(27-4)8-9-20(17)28-5/h8-9,12,15,18-19H,6-7,10-11,13-14H2,1-5H3,(H,23,26)/t18-,19-/m1/s1. The number of ether oxygens (including phenoxy) is 2. The fourth-order valence-corrected chi connectivity index (χ4v) is 3.72. The highest BCUT2D eigenvalue weighted by Crippen LogP contribution is 2.39. The minimum Gasteiger partial charge on any atom is -0.497 e. The molecule has 0 spiro atoms. The van der Waals surface area contributed by atoms with Gasteiger partial charge in [0, 0.05) is 37.5 Å². The molecule has 6 heteroatoms. The third-order valence-corrected chi connectivity index (χ3v) is 5.26. The minimum atomic E-state index is -0.297. The molecule has 2 rings (SSSR count). The van der Waals surface area contributed by atoms with Crippen LogP contribution in [0, 0.1) is 11.8 Å². The number of nitrogens with one attached hydrogen (secondary N) is 1. The van der Waals surface area contributed by atoms with E-state index in [1.54, 1.807) is 14.2 Å². The number of hydrogen-bond donors (Lipinski definition) is 1. The zero-order valence-electron chi connectivity index (χ0n) is 17.8. The molecule has 156 valence electrons. The summed E-state index contributed by atoms with van der Waals surface area (Å²) in [6.45, 7) is 7.78. The molecule has 1 heterocycles. The van der Waals surface area contributed by atoms with E-state index in [1.165, 1.54) is 0 Å². The van der Waals surface area contributed by atoms with Crippen LogP contribution < -0.4 is 14.8 Å². The number of nitrogens with zero attached hydrogens (tertiary/aromatic N) is 1. The summed E-state index contributed by atoms with van der Waals surface area (Å²) in [7, 11) is 3.24. The van der Waals surface area contributed by atoms with Crippen molar-refractivity contribution in [2.45, 2.75) is 46.0 Å². The fourth-order valence-electron chi connectivity index (χ4n) is 3.72. The highest BCUT2D eigenvalue weighted by molar-refractivity contribution is 5.83. The van der Waals surface area contributed by atoms with Crippen LogP contribution in [-0.2, 0) is 9.59 Å². The predicted octanol–water partition coefficient (Wildman–Crippen LogP) is 3.21. The van der Waals surface area contributed by atoms with E-state index in [9.17, 15) is 9.59 Å². The Bertz CT molecular complexity index is 675. The maximum atomic E-state index is 12.9. The summed E-state index contributed by atoms with van der Waals surface area (Å²) in [5.74, 6) is 1.41. The van der Waals surface area contributed by atoms with Crippen LogP contribution in [0.2, 0.25) is 0 Å². The van der Waals surface area contributed by atoms with Gasteiger partial charge >= 0.3 is 0 Å². The molecule has 28 heavy (non-hydrogen) atoms. The summed E-state index contributed by atoms with van der Waals surface area (Å²) in [6, 6.07) is 5.63. The molecule has 0 unspecified atom stereocenters. The van der Waals surface area contributed by atoms with Crippen LogP contribution >= 0.6 is 0 Å². The second-order valence-electron chi connectivity index (χ2n) is 7.86. The van der Waals surface area contributed by atoms with Crippen molar-refractivity contribution in [2.24, 2.45) is 11.8 Å². The van der Waals surface area contributed by atoms with Gasteiger partial charge in [-0.25, -0.2) is 0 Å². The second-order valence-corrected chi connectivity index (χ2v) is 7.86. The molecule has 1 aliphatic heterocycles. The second kappa shape index (κ2) is 10.3. The zero-order chi connectivity index (χ0) is 20.7. The molecule has 2 atom stereocenters. The highest BCUT2D eigenvalue weighted by Gasteiger charge is 2.41. The van der Waals surface area contributed by atoms with Crippen molar-refractivity contribution in [3.8, 4) is 11.5 Å². The predicted molar refractivity (Wildman–Crippen MR) is 110 cm³/mol. The lowest BCUT2D eigenvalue weighted by atomic mass is 9.87. The lowest BCUT2D eigenvalue weighted by Crippen LogP contribution is -2.36. The first kappa shape index (κ1) is 22.1. The lowest BCUT2D eigenvalue weighted by Gasteiger charge is -2.21. The largest absolute Gasteiger partial charge is 0.497 e. The Balaban J connectivity index is 2.31. The Morgan fingerprint density at radius 2 is 1.96 bits per heavy atom. The average molecular weight is 391 g/mol. The number of amides is 2. The quantitative estimate of drug-likeness (QED) is 0.658. The molecule has 0 aromatic heterocycles. The van der Waals surface area contributed by atoms with Crippen LogP contribution in [0.25, 0.3) is 0 Å². The van der Waals surface area contributed by atoms with Gasteiger partial charge in [0.05, 0.1) is 20.1 Å². The molecule has 1 saturated heterocycles. The van der Waals surface area contributed by atoms with Gasteiger partial charge in [0.1, 0.15) is 11.5 Å². The van der Waals surface area contributed by atoms with E-state index in [2.05, 4.69) is 12.2 Å². The topological polar surface area (TPSA) is 67.9 Å². The molecule has 1 aliphatic rings. The van der Waals surface area contributed by atoms with Gasteiger partial charge in [-0.05, 0) is 30.5 Å². The Kier molecular flexibility index (Phi) is 8.15. The number of likely N-dealkylation sites (tertiary alicyclic amines) is 1. The van der Waals surface area contributed by atoms with E-state index in [0.29, 0.717) is 31.8 Å². The van der Waals surface area contributed by atoms with Crippen LogP contribution in [0.3, 0.4) is 0 Å². The smallest absolute Gasteiger partial charge is 0.225 e. The van der Waals surface area contributed by atoms with E-state index in [1.807, 2.05) is 36.9 Å². The molecule has 2 amide bonds. The maximum absolute atomic E-state index is 12.9. The van der Waals surface area contributed by atoms with Crippen LogP contribution in [0.4, 0.5) is 0 Å². The number of unbranched alkanes of at least 4 members (excludes halogenated alkanes) is 1. The Hall–Kier alpha value is -2.24. The van der Waals surface area contributed by atoms with Crippen molar-refractivity contribution in [1.82, 2.24) is 10.2 Å². The van der Waals surface area contributed by atoms with Crippen molar-refractivity contribution in [3.63, 3.8) is 0 Å². The molecule has 0 radical (unpaired) electrons. The van der Waals surface area contributed by atoms with Crippen molar-refractivity contribution in [3.05, 3.63) is 23.8 Å². The molecule has 0 aliphatic carbocycles. The number of hydrogen-bond acceptors (Lipinski definition) is 4.